The fourth-order valence-corrected chi connectivity index (χ4v) is 2.08. The number of aliphatic hydroxyl groups is 2. The Bertz CT molecular complexity index is 741. The second-order valence-corrected chi connectivity index (χ2v) is 5.08. The predicted molar refractivity (Wildman–Crippen MR) is 86.8 cm³/mol. The zero-order valence-electron chi connectivity index (χ0n) is 12.4. The molecule has 23 heavy (non-hydrogen) atoms. The van der Waals surface area contributed by atoms with Crippen molar-refractivity contribution in [2.45, 2.75) is 6.10 Å². The summed E-state index contributed by atoms with van der Waals surface area (Å²) in [6.07, 6.45) is -0.779. The number of rotatable bonds is 6. The number of anilines is 1. The van der Waals surface area contributed by atoms with Crippen LogP contribution in [0.25, 0.3) is 22.8 Å². The number of hydrogen-bond acceptors (Lipinski definition) is 6. The van der Waals surface area contributed by atoms with Gasteiger partial charge in [0.1, 0.15) is 0 Å². The third kappa shape index (κ3) is 3.74. The Labute approximate surface area is 133 Å². The summed E-state index contributed by atoms with van der Waals surface area (Å²) in [4.78, 5) is 4.40. The van der Waals surface area contributed by atoms with Crippen LogP contribution >= 0.6 is 0 Å². The average Bonchev–Trinajstić information content (AvgIpc) is 3.11. The van der Waals surface area contributed by atoms with Gasteiger partial charge in [0.15, 0.2) is 0 Å². The molecule has 0 aliphatic rings. The minimum absolute atomic E-state index is 0.269. The van der Waals surface area contributed by atoms with Crippen molar-refractivity contribution in [1.82, 2.24) is 10.1 Å². The van der Waals surface area contributed by atoms with E-state index in [1.54, 1.807) is 0 Å². The topological polar surface area (TPSA) is 91.4 Å². The van der Waals surface area contributed by atoms with Crippen LogP contribution in [-0.4, -0.2) is 39.6 Å². The molecular weight excluding hydrogens is 294 g/mol. The monoisotopic (exact) mass is 311 g/mol. The summed E-state index contributed by atoms with van der Waals surface area (Å²) in [5.41, 5.74) is 2.55. The molecule has 6 nitrogen and oxygen atoms in total. The van der Waals surface area contributed by atoms with Crippen LogP contribution in [-0.2, 0) is 0 Å². The van der Waals surface area contributed by atoms with Crippen molar-refractivity contribution in [3.05, 3.63) is 54.6 Å². The molecule has 1 unspecified atom stereocenters. The van der Waals surface area contributed by atoms with Crippen LogP contribution in [0.15, 0.2) is 59.1 Å². The van der Waals surface area contributed by atoms with Crippen LogP contribution in [0.2, 0.25) is 0 Å². The van der Waals surface area contributed by atoms with Crippen LogP contribution in [0, 0.1) is 0 Å². The predicted octanol–water partition coefficient (Wildman–Crippen LogP) is 2.17. The molecule has 3 aromatic rings. The van der Waals surface area contributed by atoms with E-state index in [4.69, 9.17) is 9.63 Å². The molecule has 0 aliphatic heterocycles. The minimum Gasteiger partial charge on any atom is -0.394 e. The Morgan fingerprint density at radius 2 is 1.74 bits per heavy atom. The molecule has 118 valence electrons. The molecule has 1 heterocycles. The SMILES string of the molecule is OCC(O)CNc1ccc(-c2nc(-c3ccccc3)no2)cc1. The molecule has 3 N–H and O–H groups in total. The van der Waals surface area contributed by atoms with Gasteiger partial charge in [-0.3, -0.25) is 0 Å². The molecule has 0 saturated heterocycles. The molecular formula is C17H17N3O3. The highest BCUT2D eigenvalue weighted by molar-refractivity contribution is 5.61. The van der Waals surface area contributed by atoms with E-state index in [-0.39, 0.29) is 13.2 Å². The van der Waals surface area contributed by atoms with E-state index < -0.39 is 6.10 Å². The second kappa shape index (κ2) is 7.04. The van der Waals surface area contributed by atoms with Crippen molar-refractivity contribution in [2.75, 3.05) is 18.5 Å². The summed E-state index contributed by atoms with van der Waals surface area (Å²) in [7, 11) is 0. The first kappa shape index (κ1) is 15.2. The van der Waals surface area contributed by atoms with Gasteiger partial charge in [0.05, 0.1) is 12.7 Å². The molecule has 1 atom stereocenters. The fourth-order valence-electron chi connectivity index (χ4n) is 2.08. The largest absolute Gasteiger partial charge is 0.394 e. The van der Waals surface area contributed by atoms with E-state index in [1.165, 1.54) is 0 Å². The molecule has 0 aliphatic carbocycles. The zero-order chi connectivity index (χ0) is 16.1. The molecule has 0 fully saturated rings. The van der Waals surface area contributed by atoms with E-state index >= 15 is 0 Å². The summed E-state index contributed by atoms with van der Waals surface area (Å²) in [6, 6.07) is 17.1. The molecule has 3 rings (SSSR count). The lowest BCUT2D eigenvalue weighted by Gasteiger charge is -2.10. The van der Waals surface area contributed by atoms with Gasteiger partial charge in [0, 0.05) is 23.4 Å². The van der Waals surface area contributed by atoms with Gasteiger partial charge in [-0.1, -0.05) is 35.5 Å². The summed E-state index contributed by atoms with van der Waals surface area (Å²) >= 11 is 0. The number of nitrogens with zero attached hydrogens (tertiary/aromatic N) is 2. The molecule has 1 aromatic heterocycles. The molecule has 0 spiro atoms. The van der Waals surface area contributed by atoms with E-state index in [9.17, 15) is 5.11 Å². The van der Waals surface area contributed by atoms with Gasteiger partial charge in [-0.05, 0) is 24.3 Å². The normalized spacial score (nSPS) is 12.1. The van der Waals surface area contributed by atoms with Crippen molar-refractivity contribution < 1.29 is 14.7 Å². The smallest absolute Gasteiger partial charge is 0.258 e. The quantitative estimate of drug-likeness (QED) is 0.646. The molecule has 0 saturated carbocycles. The first-order valence-electron chi connectivity index (χ1n) is 7.28. The third-order valence-corrected chi connectivity index (χ3v) is 3.34. The number of hydrogen-bond donors (Lipinski definition) is 3. The highest BCUT2D eigenvalue weighted by Crippen LogP contribution is 2.23. The van der Waals surface area contributed by atoms with Gasteiger partial charge in [0.2, 0.25) is 5.82 Å². The molecule has 0 bridgehead atoms. The molecule has 2 aromatic carbocycles. The van der Waals surface area contributed by atoms with E-state index in [1.807, 2.05) is 54.6 Å². The summed E-state index contributed by atoms with van der Waals surface area (Å²) in [5.74, 6) is 1.000. The van der Waals surface area contributed by atoms with Crippen LogP contribution in [0.4, 0.5) is 5.69 Å². The van der Waals surface area contributed by atoms with Gasteiger partial charge in [-0.2, -0.15) is 4.98 Å². The van der Waals surface area contributed by atoms with E-state index in [0.717, 1.165) is 16.8 Å². The van der Waals surface area contributed by atoms with Crippen molar-refractivity contribution >= 4 is 5.69 Å². The number of nitrogens with one attached hydrogen (secondary N) is 1. The minimum atomic E-state index is -0.779. The highest BCUT2D eigenvalue weighted by Gasteiger charge is 2.10. The van der Waals surface area contributed by atoms with Gasteiger partial charge < -0.3 is 20.1 Å². The molecule has 6 heteroatoms. The molecule has 0 amide bonds. The maximum atomic E-state index is 9.32. The van der Waals surface area contributed by atoms with Crippen LogP contribution in [0.3, 0.4) is 0 Å². The van der Waals surface area contributed by atoms with Crippen molar-refractivity contribution in [1.29, 1.82) is 0 Å². The van der Waals surface area contributed by atoms with Crippen molar-refractivity contribution in [3.8, 4) is 22.8 Å². The number of aliphatic hydroxyl groups excluding tert-OH is 2. The van der Waals surface area contributed by atoms with Crippen LogP contribution < -0.4 is 5.32 Å². The molecule has 0 radical (unpaired) electrons. The second-order valence-electron chi connectivity index (χ2n) is 5.08. The van der Waals surface area contributed by atoms with Crippen molar-refractivity contribution in [2.24, 2.45) is 0 Å². The maximum Gasteiger partial charge on any atom is 0.258 e. The van der Waals surface area contributed by atoms with E-state index in [2.05, 4.69) is 15.5 Å². The summed E-state index contributed by atoms with van der Waals surface area (Å²) in [5, 5.41) is 25.1. The lowest BCUT2D eigenvalue weighted by Crippen LogP contribution is -2.22. The lowest BCUT2D eigenvalue weighted by atomic mass is 10.2. The van der Waals surface area contributed by atoms with Crippen molar-refractivity contribution in [3.63, 3.8) is 0 Å². The highest BCUT2D eigenvalue weighted by atomic mass is 16.5. The van der Waals surface area contributed by atoms with Gasteiger partial charge >= 0.3 is 0 Å². The lowest BCUT2D eigenvalue weighted by molar-refractivity contribution is 0.105. The maximum absolute atomic E-state index is 9.32. The summed E-state index contributed by atoms with van der Waals surface area (Å²) < 4.78 is 5.31. The standard InChI is InChI=1S/C17H17N3O3/c21-11-15(22)10-18-14-8-6-13(7-9-14)17-19-16(20-23-17)12-4-2-1-3-5-12/h1-9,15,18,21-22H,10-11H2. The first-order chi connectivity index (χ1) is 11.3. The Hall–Kier alpha value is -2.70. The van der Waals surface area contributed by atoms with Gasteiger partial charge in [0.25, 0.3) is 5.89 Å². The Morgan fingerprint density at radius 3 is 2.43 bits per heavy atom. The zero-order valence-corrected chi connectivity index (χ0v) is 12.4. The number of aromatic nitrogens is 2. The first-order valence-corrected chi connectivity index (χ1v) is 7.28. The Kier molecular flexibility index (Phi) is 4.65. The van der Waals surface area contributed by atoms with Gasteiger partial charge in [-0.15, -0.1) is 0 Å². The van der Waals surface area contributed by atoms with Crippen LogP contribution in [0.1, 0.15) is 0 Å². The number of benzene rings is 2. The Balaban J connectivity index is 1.71. The fraction of sp³-hybridized carbons (Fsp3) is 0.176. The van der Waals surface area contributed by atoms with Crippen LogP contribution in [0.5, 0.6) is 0 Å². The third-order valence-electron chi connectivity index (χ3n) is 3.34. The average molecular weight is 311 g/mol. The van der Waals surface area contributed by atoms with Gasteiger partial charge in [-0.25, -0.2) is 0 Å². The summed E-state index contributed by atoms with van der Waals surface area (Å²) in [6.45, 7) is 0.0177. The van der Waals surface area contributed by atoms with E-state index in [0.29, 0.717) is 11.7 Å². The Morgan fingerprint density at radius 1 is 1.00 bits per heavy atom.